The molecule has 1 saturated heterocycles. The highest BCUT2D eigenvalue weighted by Gasteiger charge is 2.15. The van der Waals surface area contributed by atoms with Gasteiger partial charge in [0.1, 0.15) is 0 Å². The van der Waals surface area contributed by atoms with E-state index in [1.807, 2.05) is 6.07 Å². The second-order valence-electron chi connectivity index (χ2n) is 4.34. The first kappa shape index (κ1) is 12.4. The molecule has 0 radical (unpaired) electrons. The van der Waals surface area contributed by atoms with Crippen LogP contribution in [-0.2, 0) is 6.54 Å². The zero-order chi connectivity index (χ0) is 11.5. The lowest BCUT2D eigenvalue weighted by Gasteiger charge is -2.31. The smallest absolute Gasteiger partial charge is 0.0548 e. The van der Waals surface area contributed by atoms with Crippen molar-refractivity contribution in [2.45, 2.75) is 19.5 Å². The molecule has 1 aromatic carbocycles. The highest BCUT2D eigenvalue weighted by atomic mass is 79.9. The minimum atomic E-state index is 0.587. The lowest BCUT2D eigenvalue weighted by Crippen LogP contribution is -2.48. The Morgan fingerprint density at radius 3 is 3.06 bits per heavy atom. The molecular formula is C12H16BrClN2. The number of piperazine rings is 1. The Morgan fingerprint density at radius 2 is 2.38 bits per heavy atom. The molecule has 4 heteroatoms. The maximum absolute atomic E-state index is 5.98. The fourth-order valence-corrected chi connectivity index (χ4v) is 2.60. The van der Waals surface area contributed by atoms with E-state index < -0.39 is 0 Å². The van der Waals surface area contributed by atoms with Crippen molar-refractivity contribution in [3.63, 3.8) is 0 Å². The van der Waals surface area contributed by atoms with Crippen molar-refractivity contribution in [2.75, 3.05) is 19.6 Å². The zero-order valence-corrected chi connectivity index (χ0v) is 11.7. The quantitative estimate of drug-likeness (QED) is 0.904. The molecule has 2 nitrogen and oxygen atoms in total. The third-order valence-electron chi connectivity index (χ3n) is 2.84. The number of halogens is 2. The number of nitrogens with one attached hydrogen (secondary N) is 1. The van der Waals surface area contributed by atoms with Gasteiger partial charge in [0.25, 0.3) is 0 Å². The van der Waals surface area contributed by atoms with Crippen LogP contribution in [0.1, 0.15) is 12.5 Å². The number of hydrogen-bond acceptors (Lipinski definition) is 2. The van der Waals surface area contributed by atoms with Gasteiger partial charge < -0.3 is 5.32 Å². The van der Waals surface area contributed by atoms with Gasteiger partial charge in [0, 0.05) is 36.7 Å². The molecule has 88 valence electrons. The molecule has 1 atom stereocenters. The van der Waals surface area contributed by atoms with Crippen molar-refractivity contribution in [1.82, 2.24) is 10.2 Å². The van der Waals surface area contributed by atoms with Crippen molar-refractivity contribution in [1.29, 1.82) is 0 Å². The standard InChI is InChI=1S/C12H16BrClN2/c1-9-7-16(5-4-15-9)8-10-2-3-12(14)11(13)6-10/h2-3,6,9,15H,4-5,7-8H2,1H3. The molecular weight excluding hydrogens is 288 g/mol. The normalized spacial score (nSPS) is 22.3. The molecule has 1 N–H and O–H groups in total. The summed E-state index contributed by atoms with van der Waals surface area (Å²) in [5.74, 6) is 0. The summed E-state index contributed by atoms with van der Waals surface area (Å²) in [5, 5.41) is 4.22. The Bertz CT molecular complexity index is 370. The molecule has 16 heavy (non-hydrogen) atoms. The third kappa shape index (κ3) is 3.20. The highest BCUT2D eigenvalue weighted by Crippen LogP contribution is 2.23. The lowest BCUT2D eigenvalue weighted by atomic mass is 10.1. The first-order valence-electron chi connectivity index (χ1n) is 5.55. The average molecular weight is 304 g/mol. The van der Waals surface area contributed by atoms with Crippen LogP contribution in [-0.4, -0.2) is 30.6 Å². The van der Waals surface area contributed by atoms with Crippen LogP contribution in [0.2, 0.25) is 5.02 Å². The van der Waals surface area contributed by atoms with Crippen LogP contribution in [0.25, 0.3) is 0 Å². The van der Waals surface area contributed by atoms with Crippen LogP contribution in [0, 0.1) is 0 Å². The molecule has 0 bridgehead atoms. The summed E-state index contributed by atoms with van der Waals surface area (Å²) >= 11 is 9.44. The Balaban J connectivity index is 2.00. The molecule has 0 spiro atoms. The van der Waals surface area contributed by atoms with Crippen molar-refractivity contribution < 1.29 is 0 Å². The molecule has 1 aromatic rings. The summed E-state index contributed by atoms with van der Waals surface area (Å²) in [5.41, 5.74) is 1.31. The molecule has 1 fully saturated rings. The van der Waals surface area contributed by atoms with E-state index in [2.05, 4.69) is 45.2 Å². The van der Waals surface area contributed by atoms with E-state index in [1.54, 1.807) is 0 Å². The van der Waals surface area contributed by atoms with Crippen LogP contribution in [0.5, 0.6) is 0 Å². The Morgan fingerprint density at radius 1 is 1.56 bits per heavy atom. The molecule has 0 aromatic heterocycles. The highest BCUT2D eigenvalue weighted by molar-refractivity contribution is 9.10. The molecule has 1 aliphatic rings. The maximum atomic E-state index is 5.98. The predicted molar refractivity (Wildman–Crippen MR) is 71.9 cm³/mol. The van der Waals surface area contributed by atoms with Gasteiger partial charge in [0.05, 0.1) is 5.02 Å². The summed E-state index contributed by atoms with van der Waals surface area (Å²) in [6.45, 7) is 6.53. The van der Waals surface area contributed by atoms with E-state index in [1.165, 1.54) is 5.56 Å². The van der Waals surface area contributed by atoms with Crippen LogP contribution in [0.15, 0.2) is 22.7 Å². The Labute approximate surface area is 110 Å². The zero-order valence-electron chi connectivity index (χ0n) is 9.34. The fourth-order valence-electron chi connectivity index (χ4n) is 2.05. The van der Waals surface area contributed by atoms with Crippen LogP contribution >= 0.6 is 27.5 Å². The maximum Gasteiger partial charge on any atom is 0.0548 e. The van der Waals surface area contributed by atoms with Gasteiger partial charge >= 0.3 is 0 Å². The lowest BCUT2D eigenvalue weighted by molar-refractivity contribution is 0.199. The van der Waals surface area contributed by atoms with E-state index in [0.717, 1.165) is 35.7 Å². The fraction of sp³-hybridized carbons (Fsp3) is 0.500. The van der Waals surface area contributed by atoms with Gasteiger partial charge in [-0.25, -0.2) is 0 Å². The summed E-state index contributed by atoms with van der Waals surface area (Å²) in [6, 6.07) is 6.74. The monoisotopic (exact) mass is 302 g/mol. The summed E-state index contributed by atoms with van der Waals surface area (Å²) < 4.78 is 0.981. The second-order valence-corrected chi connectivity index (χ2v) is 5.60. The summed E-state index contributed by atoms with van der Waals surface area (Å²) in [6.07, 6.45) is 0. The minimum Gasteiger partial charge on any atom is -0.312 e. The molecule has 0 aliphatic carbocycles. The molecule has 1 unspecified atom stereocenters. The van der Waals surface area contributed by atoms with E-state index in [-0.39, 0.29) is 0 Å². The number of rotatable bonds is 2. The molecule has 1 heterocycles. The van der Waals surface area contributed by atoms with Gasteiger partial charge in [-0.15, -0.1) is 0 Å². The van der Waals surface area contributed by atoms with Gasteiger partial charge in [-0.05, 0) is 40.5 Å². The van der Waals surface area contributed by atoms with E-state index in [9.17, 15) is 0 Å². The van der Waals surface area contributed by atoms with Crippen molar-refractivity contribution in [3.8, 4) is 0 Å². The molecule has 0 saturated carbocycles. The summed E-state index contributed by atoms with van der Waals surface area (Å²) in [7, 11) is 0. The Hall–Kier alpha value is -0.0900. The average Bonchev–Trinajstić information content (AvgIpc) is 2.24. The molecule has 1 aliphatic heterocycles. The van der Waals surface area contributed by atoms with Crippen molar-refractivity contribution >= 4 is 27.5 Å². The third-order valence-corrected chi connectivity index (χ3v) is 4.06. The van der Waals surface area contributed by atoms with Gasteiger partial charge in [-0.2, -0.15) is 0 Å². The number of hydrogen-bond donors (Lipinski definition) is 1. The molecule has 2 rings (SSSR count). The summed E-state index contributed by atoms with van der Waals surface area (Å²) in [4.78, 5) is 2.47. The van der Waals surface area contributed by atoms with E-state index >= 15 is 0 Å². The van der Waals surface area contributed by atoms with Crippen LogP contribution < -0.4 is 5.32 Å². The second kappa shape index (κ2) is 5.50. The Kier molecular flexibility index (Phi) is 4.25. The van der Waals surface area contributed by atoms with Gasteiger partial charge in [0.2, 0.25) is 0 Å². The largest absolute Gasteiger partial charge is 0.312 e. The van der Waals surface area contributed by atoms with E-state index in [4.69, 9.17) is 11.6 Å². The molecule has 0 amide bonds. The van der Waals surface area contributed by atoms with Crippen molar-refractivity contribution in [2.24, 2.45) is 0 Å². The van der Waals surface area contributed by atoms with Crippen LogP contribution in [0.4, 0.5) is 0 Å². The van der Waals surface area contributed by atoms with Gasteiger partial charge in [-0.1, -0.05) is 17.7 Å². The van der Waals surface area contributed by atoms with Crippen LogP contribution in [0.3, 0.4) is 0 Å². The SMILES string of the molecule is CC1CN(Cc2ccc(Cl)c(Br)c2)CCN1. The number of nitrogens with zero attached hydrogens (tertiary/aromatic N) is 1. The van der Waals surface area contributed by atoms with Gasteiger partial charge in [0.15, 0.2) is 0 Å². The first-order chi connectivity index (χ1) is 7.65. The predicted octanol–water partition coefficient (Wildman–Crippen LogP) is 2.90. The topological polar surface area (TPSA) is 15.3 Å². The van der Waals surface area contributed by atoms with E-state index in [0.29, 0.717) is 6.04 Å². The first-order valence-corrected chi connectivity index (χ1v) is 6.72. The van der Waals surface area contributed by atoms with Gasteiger partial charge in [-0.3, -0.25) is 4.90 Å². The van der Waals surface area contributed by atoms with Crippen molar-refractivity contribution in [3.05, 3.63) is 33.3 Å². The minimum absolute atomic E-state index is 0.587. The number of benzene rings is 1.